The maximum atomic E-state index is 4.38. The maximum absolute atomic E-state index is 4.38. The first-order chi connectivity index (χ1) is 7.84. The molecule has 0 fully saturated rings. The van der Waals surface area contributed by atoms with Crippen LogP contribution in [0, 0.1) is 0 Å². The van der Waals surface area contributed by atoms with Crippen molar-refractivity contribution >= 4 is 38.0 Å². The molecule has 0 bridgehead atoms. The summed E-state index contributed by atoms with van der Waals surface area (Å²) >= 11 is 4.80. The molecule has 0 atom stereocenters. The Morgan fingerprint density at radius 3 is 2.75 bits per heavy atom. The van der Waals surface area contributed by atoms with Crippen molar-refractivity contribution in [2.24, 2.45) is 0 Å². The molecule has 0 N–H and O–H groups in total. The molecule has 3 rings (SSSR count). The van der Waals surface area contributed by atoms with Gasteiger partial charge in [0.2, 0.25) is 0 Å². The minimum atomic E-state index is 0.775. The fraction of sp³-hybridized carbons (Fsp3) is 0. The van der Waals surface area contributed by atoms with Gasteiger partial charge in [-0.3, -0.25) is 4.98 Å². The van der Waals surface area contributed by atoms with Crippen molar-refractivity contribution in [3.05, 3.63) is 40.4 Å². The van der Waals surface area contributed by atoms with Gasteiger partial charge in [0.1, 0.15) is 5.69 Å². The summed E-state index contributed by atoms with van der Waals surface area (Å²) in [6.07, 6.45) is 1.80. The van der Waals surface area contributed by atoms with Gasteiger partial charge in [-0.15, -0.1) is 10.2 Å². The van der Waals surface area contributed by atoms with Crippen LogP contribution in [-0.4, -0.2) is 15.2 Å². The number of aromatic nitrogens is 3. The molecule has 0 spiro atoms. The highest BCUT2D eigenvalue weighted by molar-refractivity contribution is 9.11. The summed E-state index contributed by atoms with van der Waals surface area (Å²) in [5.74, 6) is 0. The summed E-state index contributed by atoms with van der Waals surface area (Å²) in [6, 6.07) is 10.1. The van der Waals surface area contributed by atoms with Crippen LogP contribution in [0.15, 0.2) is 40.4 Å². The smallest absolute Gasteiger partial charge is 0.183 e. The van der Waals surface area contributed by atoms with Crippen molar-refractivity contribution in [1.82, 2.24) is 15.2 Å². The van der Waals surface area contributed by atoms with E-state index in [0.29, 0.717) is 0 Å². The Kier molecular flexibility index (Phi) is 2.41. The van der Waals surface area contributed by atoms with Gasteiger partial charge in [-0.2, -0.15) is 0 Å². The van der Waals surface area contributed by atoms with Crippen molar-refractivity contribution in [3.63, 3.8) is 0 Å². The highest BCUT2D eigenvalue weighted by Crippen LogP contribution is 2.30. The van der Waals surface area contributed by atoms with Crippen LogP contribution in [-0.2, 0) is 0 Å². The molecule has 0 radical (unpaired) electrons. The van der Waals surface area contributed by atoms with Crippen LogP contribution in [0.1, 0.15) is 0 Å². The molecule has 3 aromatic rings. The molecule has 5 heteroatoms. The lowest BCUT2D eigenvalue weighted by Crippen LogP contribution is -1.84. The molecule has 3 nitrogen and oxygen atoms in total. The lowest BCUT2D eigenvalue weighted by Gasteiger charge is -2.00. The fourth-order valence-electron chi connectivity index (χ4n) is 1.59. The first-order valence-electron chi connectivity index (χ1n) is 4.68. The Hall–Kier alpha value is -1.33. The Bertz CT molecular complexity index is 645. The van der Waals surface area contributed by atoms with Gasteiger partial charge in [-0.05, 0) is 27.4 Å². The van der Waals surface area contributed by atoms with Gasteiger partial charge in [0.25, 0.3) is 0 Å². The number of halogens is 1. The van der Waals surface area contributed by atoms with Gasteiger partial charge in [0.05, 0.1) is 0 Å². The van der Waals surface area contributed by atoms with Gasteiger partial charge in [-0.1, -0.05) is 35.6 Å². The highest BCUT2D eigenvalue weighted by atomic mass is 79.9. The Labute approximate surface area is 104 Å². The summed E-state index contributed by atoms with van der Waals surface area (Å²) in [5.41, 5.74) is 0.890. The number of hydrogen-bond donors (Lipinski definition) is 0. The zero-order valence-electron chi connectivity index (χ0n) is 8.09. The summed E-state index contributed by atoms with van der Waals surface area (Å²) in [5, 5.41) is 11.1. The summed E-state index contributed by atoms with van der Waals surface area (Å²) in [7, 11) is 0. The first-order valence-corrected chi connectivity index (χ1v) is 6.29. The van der Waals surface area contributed by atoms with Crippen LogP contribution >= 0.6 is 27.3 Å². The van der Waals surface area contributed by atoms with E-state index >= 15 is 0 Å². The van der Waals surface area contributed by atoms with Crippen molar-refractivity contribution in [3.8, 4) is 10.7 Å². The Morgan fingerprint density at radius 2 is 1.94 bits per heavy atom. The topological polar surface area (TPSA) is 38.7 Å². The van der Waals surface area contributed by atoms with Gasteiger partial charge in [-0.25, -0.2) is 0 Å². The third-order valence-electron chi connectivity index (χ3n) is 2.28. The third-order valence-corrected chi connectivity index (χ3v) is 3.64. The Morgan fingerprint density at radius 1 is 1.06 bits per heavy atom. The maximum Gasteiger partial charge on any atom is 0.183 e. The van der Waals surface area contributed by atoms with Gasteiger partial charge >= 0.3 is 0 Å². The van der Waals surface area contributed by atoms with Crippen LogP contribution in [0.3, 0.4) is 0 Å². The Balaban J connectivity index is 2.31. The number of hydrogen-bond acceptors (Lipinski definition) is 4. The van der Waals surface area contributed by atoms with Crippen molar-refractivity contribution in [2.45, 2.75) is 0 Å². The van der Waals surface area contributed by atoms with Crippen LogP contribution in [0.2, 0.25) is 0 Å². The molecule has 0 saturated heterocycles. The number of benzene rings is 1. The number of fused-ring (bicyclic) bond motifs is 1. The number of rotatable bonds is 1. The molecular weight excluding hydrogens is 286 g/mol. The van der Waals surface area contributed by atoms with E-state index in [0.717, 1.165) is 20.0 Å². The van der Waals surface area contributed by atoms with Crippen molar-refractivity contribution < 1.29 is 0 Å². The summed E-state index contributed by atoms with van der Waals surface area (Å²) in [6.45, 7) is 0. The molecule has 0 amide bonds. The SMILES string of the molecule is Brc1nnc(-c2nccc3ccccc23)s1. The lowest BCUT2D eigenvalue weighted by molar-refractivity contribution is 1.07. The van der Waals surface area contributed by atoms with Crippen LogP contribution in [0.25, 0.3) is 21.5 Å². The summed E-state index contributed by atoms with van der Waals surface area (Å²) < 4.78 is 0.775. The van der Waals surface area contributed by atoms with E-state index in [-0.39, 0.29) is 0 Å². The highest BCUT2D eigenvalue weighted by Gasteiger charge is 2.09. The molecule has 2 aromatic heterocycles. The van der Waals surface area contributed by atoms with E-state index in [1.54, 1.807) is 6.20 Å². The van der Waals surface area contributed by atoms with E-state index in [9.17, 15) is 0 Å². The minimum Gasteiger partial charge on any atom is -0.253 e. The molecule has 1 aromatic carbocycles. The van der Waals surface area contributed by atoms with E-state index in [1.807, 2.05) is 24.3 Å². The summed E-state index contributed by atoms with van der Waals surface area (Å²) in [4.78, 5) is 4.38. The van der Waals surface area contributed by atoms with Gasteiger partial charge < -0.3 is 0 Å². The zero-order chi connectivity index (χ0) is 11.0. The second-order valence-corrected chi connectivity index (χ2v) is 5.49. The van der Waals surface area contributed by atoms with Gasteiger partial charge in [0, 0.05) is 11.6 Å². The van der Waals surface area contributed by atoms with E-state index in [1.165, 1.54) is 16.7 Å². The number of nitrogens with zero attached hydrogens (tertiary/aromatic N) is 3. The monoisotopic (exact) mass is 291 g/mol. The normalized spacial score (nSPS) is 10.8. The molecule has 2 heterocycles. The second-order valence-electron chi connectivity index (χ2n) is 3.24. The number of pyridine rings is 1. The molecule has 16 heavy (non-hydrogen) atoms. The fourth-order valence-corrected chi connectivity index (χ4v) is 2.71. The third kappa shape index (κ3) is 1.62. The molecule has 0 aliphatic heterocycles. The van der Waals surface area contributed by atoms with E-state index in [2.05, 4.69) is 37.2 Å². The van der Waals surface area contributed by atoms with Gasteiger partial charge in [0.15, 0.2) is 8.92 Å². The van der Waals surface area contributed by atoms with Crippen LogP contribution < -0.4 is 0 Å². The van der Waals surface area contributed by atoms with Crippen molar-refractivity contribution in [2.75, 3.05) is 0 Å². The predicted octanol–water partition coefficient (Wildman–Crippen LogP) is 3.52. The molecule has 78 valence electrons. The second kappa shape index (κ2) is 3.92. The van der Waals surface area contributed by atoms with Crippen LogP contribution in [0.4, 0.5) is 0 Å². The lowest BCUT2D eigenvalue weighted by atomic mass is 10.1. The molecule has 0 aliphatic carbocycles. The minimum absolute atomic E-state index is 0.775. The van der Waals surface area contributed by atoms with E-state index < -0.39 is 0 Å². The molecule has 0 aliphatic rings. The predicted molar refractivity (Wildman–Crippen MR) is 68.3 cm³/mol. The van der Waals surface area contributed by atoms with E-state index in [4.69, 9.17) is 0 Å². The molecule has 0 saturated carbocycles. The van der Waals surface area contributed by atoms with Crippen molar-refractivity contribution in [1.29, 1.82) is 0 Å². The standard InChI is InChI=1S/C11H6BrN3S/c12-11-15-14-10(16-11)9-8-4-2-1-3-7(8)5-6-13-9/h1-6H. The molecule has 0 unspecified atom stereocenters. The molecular formula is C11H6BrN3S. The average molecular weight is 292 g/mol. The largest absolute Gasteiger partial charge is 0.253 e. The average Bonchev–Trinajstić information content (AvgIpc) is 2.75. The van der Waals surface area contributed by atoms with Crippen LogP contribution in [0.5, 0.6) is 0 Å². The quantitative estimate of drug-likeness (QED) is 0.689. The first kappa shape index (κ1) is 9.86. The zero-order valence-corrected chi connectivity index (χ0v) is 10.5.